The molecule has 0 aromatic heterocycles. The fourth-order valence-corrected chi connectivity index (χ4v) is 3.02. The van der Waals surface area contributed by atoms with Gasteiger partial charge in [-0.1, -0.05) is 13.8 Å². The van der Waals surface area contributed by atoms with E-state index in [-0.39, 0.29) is 6.29 Å². The third-order valence-corrected chi connectivity index (χ3v) is 4.55. The molecule has 1 aliphatic carbocycles. The van der Waals surface area contributed by atoms with E-state index in [9.17, 15) is 0 Å². The highest BCUT2D eigenvalue weighted by atomic mass is 16.7. The Kier molecular flexibility index (Phi) is 5.05. The van der Waals surface area contributed by atoms with Crippen molar-refractivity contribution in [2.24, 2.45) is 5.41 Å². The van der Waals surface area contributed by atoms with Crippen LogP contribution in [0.4, 0.5) is 0 Å². The van der Waals surface area contributed by atoms with Gasteiger partial charge in [-0.2, -0.15) is 0 Å². The first-order chi connectivity index (χ1) is 8.57. The lowest BCUT2D eigenvalue weighted by Crippen LogP contribution is -2.39. The molecule has 1 saturated carbocycles. The largest absolute Gasteiger partial charge is 0.353 e. The standard InChI is InChI=1S/C15H29NO2/c1-15(2)8-5-13(6-9-15)16(3)10-7-14-17-11-4-12-18-14/h13-14H,4-12H2,1-3H3. The molecule has 3 heteroatoms. The molecular weight excluding hydrogens is 226 g/mol. The average Bonchev–Trinajstić information content (AvgIpc) is 2.37. The highest BCUT2D eigenvalue weighted by molar-refractivity contribution is 4.82. The Morgan fingerprint density at radius 3 is 2.33 bits per heavy atom. The average molecular weight is 255 g/mol. The molecular formula is C15H29NO2. The zero-order valence-corrected chi connectivity index (χ0v) is 12.3. The van der Waals surface area contributed by atoms with Crippen LogP contribution in [0.1, 0.15) is 52.4 Å². The van der Waals surface area contributed by atoms with E-state index in [1.165, 1.54) is 25.7 Å². The molecule has 0 atom stereocenters. The molecule has 1 saturated heterocycles. The zero-order valence-electron chi connectivity index (χ0n) is 12.3. The summed E-state index contributed by atoms with van der Waals surface area (Å²) < 4.78 is 11.2. The number of rotatable bonds is 4. The molecule has 0 aromatic carbocycles. The maximum Gasteiger partial charge on any atom is 0.158 e. The highest BCUT2D eigenvalue weighted by Gasteiger charge is 2.29. The van der Waals surface area contributed by atoms with Crippen LogP contribution in [0.15, 0.2) is 0 Å². The van der Waals surface area contributed by atoms with E-state index in [0.29, 0.717) is 5.41 Å². The molecule has 0 aromatic rings. The molecule has 1 aliphatic heterocycles. The predicted molar refractivity (Wildman–Crippen MR) is 73.6 cm³/mol. The lowest BCUT2D eigenvalue weighted by Gasteiger charge is -2.39. The third kappa shape index (κ3) is 4.22. The summed E-state index contributed by atoms with van der Waals surface area (Å²) in [7, 11) is 2.26. The summed E-state index contributed by atoms with van der Waals surface area (Å²) in [6.07, 6.45) is 7.50. The molecule has 2 rings (SSSR count). The van der Waals surface area contributed by atoms with Crippen LogP contribution in [0.5, 0.6) is 0 Å². The van der Waals surface area contributed by atoms with Gasteiger partial charge < -0.3 is 14.4 Å². The topological polar surface area (TPSA) is 21.7 Å². The number of hydrogen-bond donors (Lipinski definition) is 0. The van der Waals surface area contributed by atoms with Gasteiger partial charge >= 0.3 is 0 Å². The number of ether oxygens (including phenoxy) is 2. The van der Waals surface area contributed by atoms with Crippen LogP contribution in [0.3, 0.4) is 0 Å². The molecule has 0 unspecified atom stereocenters. The Morgan fingerprint density at radius 2 is 1.72 bits per heavy atom. The van der Waals surface area contributed by atoms with Crippen LogP contribution in [0.25, 0.3) is 0 Å². The van der Waals surface area contributed by atoms with Gasteiger partial charge in [0, 0.05) is 19.0 Å². The minimum Gasteiger partial charge on any atom is -0.353 e. The molecule has 0 spiro atoms. The Labute approximate surface area is 112 Å². The minimum absolute atomic E-state index is 0.0428. The number of hydrogen-bond acceptors (Lipinski definition) is 3. The van der Waals surface area contributed by atoms with E-state index in [1.807, 2.05) is 0 Å². The summed E-state index contributed by atoms with van der Waals surface area (Å²) in [5.74, 6) is 0. The van der Waals surface area contributed by atoms with Gasteiger partial charge in [0.15, 0.2) is 6.29 Å². The van der Waals surface area contributed by atoms with Gasteiger partial charge in [-0.25, -0.2) is 0 Å². The monoisotopic (exact) mass is 255 g/mol. The molecule has 2 aliphatic rings. The quantitative estimate of drug-likeness (QED) is 0.770. The lowest BCUT2D eigenvalue weighted by molar-refractivity contribution is -0.183. The van der Waals surface area contributed by atoms with Crippen molar-refractivity contribution in [3.05, 3.63) is 0 Å². The van der Waals surface area contributed by atoms with Crippen molar-refractivity contribution < 1.29 is 9.47 Å². The second-order valence-corrected chi connectivity index (χ2v) is 6.69. The van der Waals surface area contributed by atoms with Crippen molar-refractivity contribution in [2.45, 2.75) is 64.7 Å². The Morgan fingerprint density at radius 1 is 1.11 bits per heavy atom. The van der Waals surface area contributed by atoms with E-state index in [4.69, 9.17) is 9.47 Å². The highest BCUT2D eigenvalue weighted by Crippen LogP contribution is 2.36. The van der Waals surface area contributed by atoms with Crippen molar-refractivity contribution in [2.75, 3.05) is 26.8 Å². The molecule has 106 valence electrons. The van der Waals surface area contributed by atoms with Gasteiger partial charge in [0.1, 0.15) is 0 Å². The number of nitrogens with zero attached hydrogens (tertiary/aromatic N) is 1. The second kappa shape index (κ2) is 6.36. The summed E-state index contributed by atoms with van der Waals surface area (Å²) >= 11 is 0. The Balaban J connectivity index is 1.66. The Hall–Kier alpha value is -0.120. The van der Waals surface area contributed by atoms with Crippen LogP contribution in [-0.4, -0.2) is 44.0 Å². The summed E-state index contributed by atoms with van der Waals surface area (Å²) in [5.41, 5.74) is 0.562. The maximum absolute atomic E-state index is 5.60. The van der Waals surface area contributed by atoms with Crippen LogP contribution < -0.4 is 0 Å². The smallest absolute Gasteiger partial charge is 0.158 e. The van der Waals surface area contributed by atoms with E-state index in [0.717, 1.165) is 38.6 Å². The van der Waals surface area contributed by atoms with E-state index in [2.05, 4.69) is 25.8 Å². The molecule has 0 bridgehead atoms. The van der Waals surface area contributed by atoms with Gasteiger partial charge in [-0.05, 0) is 44.6 Å². The summed E-state index contributed by atoms with van der Waals surface area (Å²) in [6, 6.07) is 0.765. The van der Waals surface area contributed by atoms with Gasteiger partial charge in [0.25, 0.3) is 0 Å². The SMILES string of the molecule is CN(CCC1OCCCO1)C1CCC(C)(C)CC1. The van der Waals surface area contributed by atoms with Gasteiger partial charge in [-0.15, -0.1) is 0 Å². The molecule has 0 N–H and O–H groups in total. The van der Waals surface area contributed by atoms with Crippen LogP contribution in [0.2, 0.25) is 0 Å². The van der Waals surface area contributed by atoms with Crippen LogP contribution in [-0.2, 0) is 9.47 Å². The normalized spacial score (nSPS) is 26.7. The van der Waals surface area contributed by atoms with Gasteiger partial charge in [0.05, 0.1) is 13.2 Å². The minimum atomic E-state index is 0.0428. The lowest BCUT2D eigenvalue weighted by atomic mass is 9.75. The summed E-state index contributed by atoms with van der Waals surface area (Å²) in [4.78, 5) is 2.51. The van der Waals surface area contributed by atoms with Crippen molar-refractivity contribution in [3.8, 4) is 0 Å². The molecule has 3 nitrogen and oxygen atoms in total. The first-order valence-electron chi connectivity index (χ1n) is 7.50. The van der Waals surface area contributed by atoms with E-state index < -0.39 is 0 Å². The van der Waals surface area contributed by atoms with Crippen molar-refractivity contribution in [1.82, 2.24) is 4.90 Å². The fourth-order valence-electron chi connectivity index (χ4n) is 3.02. The van der Waals surface area contributed by atoms with Crippen molar-refractivity contribution in [1.29, 1.82) is 0 Å². The predicted octanol–water partition coefficient (Wildman–Crippen LogP) is 3.04. The summed E-state index contributed by atoms with van der Waals surface area (Å²) in [5, 5.41) is 0. The van der Waals surface area contributed by atoms with Crippen LogP contribution >= 0.6 is 0 Å². The van der Waals surface area contributed by atoms with Crippen molar-refractivity contribution >= 4 is 0 Å². The molecule has 2 fully saturated rings. The fraction of sp³-hybridized carbons (Fsp3) is 1.00. The van der Waals surface area contributed by atoms with Gasteiger partial charge in [0.2, 0.25) is 0 Å². The maximum atomic E-state index is 5.60. The zero-order chi connectivity index (χ0) is 13.0. The van der Waals surface area contributed by atoms with Gasteiger partial charge in [-0.3, -0.25) is 0 Å². The first kappa shape index (κ1) is 14.3. The second-order valence-electron chi connectivity index (χ2n) is 6.69. The van der Waals surface area contributed by atoms with E-state index in [1.54, 1.807) is 0 Å². The first-order valence-corrected chi connectivity index (χ1v) is 7.50. The molecule has 1 heterocycles. The molecule has 0 radical (unpaired) electrons. The molecule has 0 amide bonds. The van der Waals surface area contributed by atoms with E-state index >= 15 is 0 Å². The van der Waals surface area contributed by atoms with Crippen LogP contribution in [0, 0.1) is 5.41 Å². The summed E-state index contributed by atoms with van der Waals surface area (Å²) in [6.45, 7) is 7.62. The third-order valence-electron chi connectivity index (χ3n) is 4.55. The Bertz CT molecular complexity index is 239. The molecule has 18 heavy (non-hydrogen) atoms. The van der Waals surface area contributed by atoms with Crippen molar-refractivity contribution in [3.63, 3.8) is 0 Å².